The molecule has 1 saturated carbocycles. The first kappa shape index (κ1) is 10.4. The molecule has 0 radical (unpaired) electrons. The minimum atomic E-state index is 0.0931. The third-order valence-electron chi connectivity index (χ3n) is 3.30. The second-order valence-corrected chi connectivity index (χ2v) is 5.51. The Kier molecular flexibility index (Phi) is 2.33. The minimum absolute atomic E-state index is 0.0931. The second-order valence-electron chi connectivity index (χ2n) is 4.72. The predicted octanol–water partition coefficient (Wildman–Crippen LogP) is 3.83. The van der Waals surface area contributed by atoms with Gasteiger partial charge in [0.1, 0.15) is 0 Å². The van der Waals surface area contributed by atoms with Gasteiger partial charge in [0, 0.05) is 33.0 Å². The highest BCUT2D eigenvalue weighted by atomic mass is 79.9. The number of nitrogens with two attached hydrogens (primary N) is 1. The number of aromatic nitrogens is 1. The molecule has 0 spiro atoms. The second kappa shape index (κ2) is 3.60. The maximum Gasteiger partial charge on any atom is 0.0468 e. The van der Waals surface area contributed by atoms with Crippen LogP contribution in [0.5, 0.6) is 0 Å². The number of aromatic amines is 1. The number of halogens is 1. The molecule has 0 aliphatic heterocycles. The van der Waals surface area contributed by atoms with Crippen molar-refractivity contribution in [3.05, 3.63) is 33.9 Å². The van der Waals surface area contributed by atoms with Crippen molar-refractivity contribution in [1.82, 2.24) is 4.98 Å². The lowest BCUT2D eigenvalue weighted by molar-refractivity contribution is 0.820. The van der Waals surface area contributed by atoms with Crippen LogP contribution in [0.4, 0.5) is 0 Å². The highest BCUT2D eigenvalue weighted by Crippen LogP contribution is 2.45. The standard InChI is InChI=1S/C13H15BrN2/c1-7(15)9-4-5-11-10(6-9)12(14)13(16-11)8-2-3-8/h4-8,16H,2-3,15H2,1H3. The molecule has 0 bridgehead atoms. The lowest BCUT2D eigenvalue weighted by Crippen LogP contribution is -2.04. The molecule has 3 N–H and O–H groups in total. The van der Waals surface area contributed by atoms with E-state index in [2.05, 4.69) is 39.1 Å². The fourth-order valence-electron chi connectivity index (χ4n) is 2.13. The molecule has 84 valence electrons. The Morgan fingerprint density at radius 2 is 2.19 bits per heavy atom. The molecule has 16 heavy (non-hydrogen) atoms. The Bertz CT molecular complexity index is 538. The summed E-state index contributed by atoms with van der Waals surface area (Å²) in [4.78, 5) is 3.50. The van der Waals surface area contributed by atoms with Crippen molar-refractivity contribution in [1.29, 1.82) is 0 Å². The van der Waals surface area contributed by atoms with Crippen LogP contribution in [0.25, 0.3) is 10.9 Å². The number of hydrogen-bond acceptors (Lipinski definition) is 1. The summed E-state index contributed by atoms with van der Waals surface area (Å²) in [6.07, 6.45) is 2.62. The van der Waals surface area contributed by atoms with Crippen molar-refractivity contribution >= 4 is 26.8 Å². The van der Waals surface area contributed by atoms with Gasteiger partial charge in [0.05, 0.1) is 0 Å². The van der Waals surface area contributed by atoms with E-state index >= 15 is 0 Å². The lowest BCUT2D eigenvalue weighted by Gasteiger charge is -2.04. The van der Waals surface area contributed by atoms with Gasteiger partial charge in [-0.1, -0.05) is 6.07 Å². The van der Waals surface area contributed by atoms with Crippen LogP contribution in [-0.2, 0) is 0 Å². The molecule has 1 fully saturated rings. The zero-order valence-corrected chi connectivity index (χ0v) is 10.8. The molecule has 1 aromatic carbocycles. The molecule has 2 aromatic rings. The Hall–Kier alpha value is -0.800. The van der Waals surface area contributed by atoms with E-state index in [9.17, 15) is 0 Å². The predicted molar refractivity (Wildman–Crippen MR) is 70.6 cm³/mol. The molecule has 0 amide bonds. The lowest BCUT2D eigenvalue weighted by atomic mass is 10.1. The number of H-pyrrole nitrogens is 1. The van der Waals surface area contributed by atoms with Gasteiger partial charge in [0.25, 0.3) is 0 Å². The van der Waals surface area contributed by atoms with Gasteiger partial charge in [0.2, 0.25) is 0 Å². The molecule has 3 rings (SSSR count). The van der Waals surface area contributed by atoms with Gasteiger partial charge in [-0.15, -0.1) is 0 Å². The summed E-state index contributed by atoms with van der Waals surface area (Å²) in [6, 6.07) is 6.51. The van der Waals surface area contributed by atoms with Gasteiger partial charge < -0.3 is 10.7 Å². The Balaban J connectivity index is 2.18. The zero-order valence-electron chi connectivity index (χ0n) is 9.26. The summed E-state index contributed by atoms with van der Waals surface area (Å²) in [6.45, 7) is 2.02. The first-order valence-electron chi connectivity index (χ1n) is 5.73. The zero-order chi connectivity index (χ0) is 11.3. The summed E-state index contributed by atoms with van der Waals surface area (Å²) in [7, 11) is 0. The van der Waals surface area contributed by atoms with E-state index < -0.39 is 0 Å². The van der Waals surface area contributed by atoms with E-state index in [1.807, 2.05) is 6.92 Å². The molecule has 1 aliphatic rings. The summed E-state index contributed by atoms with van der Waals surface area (Å²) < 4.78 is 1.23. The van der Waals surface area contributed by atoms with E-state index in [-0.39, 0.29) is 6.04 Å². The van der Waals surface area contributed by atoms with Crippen LogP contribution in [0.15, 0.2) is 22.7 Å². The van der Waals surface area contributed by atoms with Crippen LogP contribution < -0.4 is 5.73 Å². The SMILES string of the molecule is CC(N)c1ccc2[nH]c(C3CC3)c(Br)c2c1. The average Bonchev–Trinajstić information content (AvgIpc) is 3.04. The number of nitrogens with one attached hydrogen (secondary N) is 1. The number of rotatable bonds is 2. The highest BCUT2D eigenvalue weighted by Gasteiger charge is 2.28. The van der Waals surface area contributed by atoms with E-state index in [1.54, 1.807) is 0 Å². The summed E-state index contributed by atoms with van der Waals surface area (Å²) >= 11 is 3.70. The van der Waals surface area contributed by atoms with Crippen LogP contribution in [-0.4, -0.2) is 4.98 Å². The summed E-state index contributed by atoms with van der Waals surface area (Å²) in [5, 5.41) is 1.26. The number of benzene rings is 1. The van der Waals surface area contributed by atoms with Gasteiger partial charge >= 0.3 is 0 Å². The van der Waals surface area contributed by atoms with E-state index in [0.29, 0.717) is 0 Å². The maximum absolute atomic E-state index is 5.91. The van der Waals surface area contributed by atoms with Crippen LogP contribution in [0, 0.1) is 0 Å². The molecular weight excluding hydrogens is 264 g/mol. The van der Waals surface area contributed by atoms with Crippen molar-refractivity contribution < 1.29 is 0 Å². The molecule has 1 atom stereocenters. The van der Waals surface area contributed by atoms with Gasteiger partial charge in [-0.2, -0.15) is 0 Å². The highest BCUT2D eigenvalue weighted by molar-refractivity contribution is 9.10. The quantitative estimate of drug-likeness (QED) is 0.862. The molecule has 3 heteroatoms. The Morgan fingerprint density at radius 1 is 1.44 bits per heavy atom. The topological polar surface area (TPSA) is 41.8 Å². The van der Waals surface area contributed by atoms with Crippen molar-refractivity contribution in [3.63, 3.8) is 0 Å². The van der Waals surface area contributed by atoms with Crippen LogP contribution in [0.3, 0.4) is 0 Å². The fourth-order valence-corrected chi connectivity index (χ4v) is 2.88. The largest absolute Gasteiger partial charge is 0.357 e. The number of fused-ring (bicyclic) bond motifs is 1. The number of hydrogen-bond donors (Lipinski definition) is 2. The normalized spacial score (nSPS) is 17.9. The van der Waals surface area contributed by atoms with Gasteiger partial charge in [-0.05, 0) is 53.4 Å². The Morgan fingerprint density at radius 3 is 2.81 bits per heavy atom. The van der Waals surface area contributed by atoms with Gasteiger partial charge in [0.15, 0.2) is 0 Å². The van der Waals surface area contributed by atoms with Crippen molar-refractivity contribution in [2.24, 2.45) is 5.73 Å². The van der Waals surface area contributed by atoms with Gasteiger partial charge in [-0.25, -0.2) is 0 Å². The van der Waals surface area contributed by atoms with E-state index in [4.69, 9.17) is 5.73 Å². The van der Waals surface area contributed by atoms with Crippen molar-refractivity contribution in [2.45, 2.75) is 31.7 Å². The first-order chi connectivity index (χ1) is 7.66. The van der Waals surface area contributed by atoms with E-state index in [0.717, 1.165) is 5.92 Å². The van der Waals surface area contributed by atoms with Gasteiger partial charge in [-0.3, -0.25) is 0 Å². The molecule has 2 nitrogen and oxygen atoms in total. The first-order valence-corrected chi connectivity index (χ1v) is 6.52. The molecule has 1 unspecified atom stereocenters. The molecule has 1 aliphatic carbocycles. The third-order valence-corrected chi connectivity index (χ3v) is 4.15. The third kappa shape index (κ3) is 1.59. The molecular formula is C13H15BrN2. The average molecular weight is 279 g/mol. The van der Waals surface area contributed by atoms with Crippen molar-refractivity contribution in [2.75, 3.05) is 0 Å². The van der Waals surface area contributed by atoms with Crippen LogP contribution >= 0.6 is 15.9 Å². The summed E-state index contributed by atoms with van der Waals surface area (Å²) in [5.74, 6) is 0.737. The fraction of sp³-hybridized carbons (Fsp3) is 0.385. The minimum Gasteiger partial charge on any atom is -0.357 e. The van der Waals surface area contributed by atoms with E-state index in [1.165, 1.54) is 39.5 Å². The summed E-state index contributed by atoms with van der Waals surface area (Å²) in [5.41, 5.74) is 9.66. The molecule has 1 aromatic heterocycles. The smallest absolute Gasteiger partial charge is 0.0468 e. The maximum atomic E-state index is 5.91. The Labute approximate surface area is 103 Å². The monoisotopic (exact) mass is 278 g/mol. The van der Waals surface area contributed by atoms with Crippen molar-refractivity contribution in [3.8, 4) is 0 Å². The molecule has 0 saturated heterocycles. The van der Waals surface area contributed by atoms with Crippen LogP contribution in [0.2, 0.25) is 0 Å². The van der Waals surface area contributed by atoms with Crippen LogP contribution in [0.1, 0.15) is 43.0 Å². The molecule has 1 heterocycles.